The van der Waals surface area contributed by atoms with Gasteiger partial charge >= 0.3 is 0 Å². The molecule has 2 aliphatic heterocycles. The molecule has 1 atom stereocenters. The average molecular weight is 412 g/mol. The van der Waals surface area contributed by atoms with E-state index < -0.39 is 0 Å². The molecular formula is C24H24N6O. The lowest BCUT2D eigenvalue weighted by Gasteiger charge is -2.32. The largest absolute Gasteiger partial charge is 0.365 e. The normalized spacial score (nSPS) is 19.0. The van der Waals surface area contributed by atoms with Crippen LogP contribution in [0.3, 0.4) is 0 Å². The van der Waals surface area contributed by atoms with E-state index in [0.717, 1.165) is 48.7 Å². The number of pyridine rings is 1. The van der Waals surface area contributed by atoms with Crippen LogP contribution in [-0.4, -0.2) is 51.2 Å². The van der Waals surface area contributed by atoms with Gasteiger partial charge in [0.2, 0.25) is 0 Å². The van der Waals surface area contributed by atoms with Gasteiger partial charge in [0.25, 0.3) is 5.91 Å². The lowest BCUT2D eigenvalue weighted by atomic mass is 9.95. The number of amidine groups is 1. The third-order valence-electron chi connectivity index (χ3n) is 5.95. The van der Waals surface area contributed by atoms with Gasteiger partial charge in [-0.2, -0.15) is 0 Å². The first kappa shape index (κ1) is 19.4. The summed E-state index contributed by atoms with van der Waals surface area (Å²) in [6.07, 6.45) is 8.92. The molecule has 0 bridgehead atoms. The Bertz CT molecular complexity index is 1060. The summed E-state index contributed by atoms with van der Waals surface area (Å²) in [5.41, 5.74) is 2.71. The fourth-order valence-corrected chi connectivity index (χ4v) is 4.18. The van der Waals surface area contributed by atoms with Crippen LogP contribution in [0.5, 0.6) is 0 Å². The summed E-state index contributed by atoms with van der Waals surface area (Å²) in [5, 5.41) is 3.57. The van der Waals surface area contributed by atoms with Gasteiger partial charge < -0.3 is 10.2 Å². The van der Waals surface area contributed by atoms with Gasteiger partial charge in [-0.25, -0.2) is 9.97 Å². The summed E-state index contributed by atoms with van der Waals surface area (Å²) < 4.78 is 0. The molecule has 2 aromatic heterocycles. The maximum Gasteiger partial charge on any atom is 0.255 e. The SMILES string of the molecule is O=C(c1cccnc1)N1CCC(C2=NCC(c3cnc(-c4ccccc4)nc3)N2)CC1. The highest BCUT2D eigenvalue weighted by molar-refractivity contribution is 5.94. The minimum Gasteiger partial charge on any atom is -0.365 e. The fourth-order valence-electron chi connectivity index (χ4n) is 4.18. The molecule has 1 N–H and O–H groups in total. The van der Waals surface area contributed by atoms with Crippen molar-refractivity contribution in [3.8, 4) is 11.4 Å². The van der Waals surface area contributed by atoms with Gasteiger partial charge in [0.05, 0.1) is 18.2 Å². The van der Waals surface area contributed by atoms with Crippen LogP contribution in [0.1, 0.15) is 34.8 Å². The highest BCUT2D eigenvalue weighted by Crippen LogP contribution is 2.25. The number of benzene rings is 1. The molecule has 0 aliphatic carbocycles. The van der Waals surface area contributed by atoms with E-state index in [1.807, 2.05) is 53.7 Å². The van der Waals surface area contributed by atoms with E-state index in [-0.39, 0.29) is 11.9 Å². The van der Waals surface area contributed by atoms with E-state index in [0.29, 0.717) is 18.0 Å². The lowest BCUT2D eigenvalue weighted by Crippen LogP contribution is -2.42. The summed E-state index contributed by atoms with van der Waals surface area (Å²) in [6, 6.07) is 13.7. The second kappa shape index (κ2) is 8.63. The van der Waals surface area contributed by atoms with E-state index in [2.05, 4.69) is 20.3 Å². The van der Waals surface area contributed by atoms with Crippen molar-refractivity contribution in [1.29, 1.82) is 0 Å². The van der Waals surface area contributed by atoms with Crippen LogP contribution in [0, 0.1) is 5.92 Å². The molecule has 3 aromatic rings. The van der Waals surface area contributed by atoms with Crippen LogP contribution >= 0.6 is 0 Å². The summed E-state index contributed by atoms with van der Waals surface area (Å²) in [6.45, 7) is 2.16. The number of likely N-dealkylation sites (tertiary alicyclic amines) is 1. The summed E-state index contributed by atoms with van der Waals surface area (Å²) in [5.74, 6) is 2.19. The third kappa shape index (κ3) is 4.17. The van der Waals surface area contributed by atoms with Gasteiger partial charge in [0, 0.05) is 54.9 Å². The Hall–Kier alpha value is -3.61. The maximum atomic E-state index is 12.6. The second-order valence-electron chi connectivity index (χ2n) is 7.94. The Kier molecular flexibility index (Phi) is 5.39. The number of piperidine rings is 1. The Morgan fingerprint density at radius 2 is 1.74 bits per heavy atom. The lowest BCUT2D eigenvalue weighted by molar-refractivity contribution is 0.0709. The van der Waals surface area contributed by atoms with Gasteiger partial charge in [-0.3, -0.25) is 14.8 Å². The molecule has 1 fully saturated rings. The van der Waals surface area contributed by atoms with Crippen LogP contribution in [0.4, 0.5) is 0 Å². The van der Waals surface area contributed by atoms with Crippen molar-refractivity contribution in [2.75, 3.05) is 19.6 Å². The topological polar surface area (TPSA) is 83.4 Å². The van der Waals surface area contributed by atoms with Gasteiger partial charge in [-0.05, 0) is 25.0 Å². The number of amides is 1. The molecule has 0 radical (unpaired) electrons. The number of nitrogens with one attached hydrogen (secondary N) is 1. The molecule has 31 heavy (non-hydrogen) atoms. The van der Waals surface area contributed by atoms with Crippen molar-refractivity contribution in [1.82, 2.24) is 25.2 Å². The van der Waals surface area contributed by atoms with Crippen molar-refractivity contribution >= 4 is 11.7 Å². The van der Waals surface area contributed by atoms with Crippen molar-refractivity contribution < 1.29 is 4.79 Å². The number of nitrogens with zero attached hydrogens (tertiary/aromatic N) is 5. The molecule has 4 heterocycles. The van der Waals surface area contributed by atoms with Crippen molar-refractivity contribution in [3.05, 3.63) is 78.4 Å². The summed E-state index contributed by atoms with van der Waals surface area (Å²) in [7, 11) is 0. The monoisotopic (exact) mass is 412 g/mol. The van der Waals surface area contributed by atoms with Gasteiger partial charge in [-0.1, -0.05) is 30.3 Å². The molecule has 1 saturated heterocycles. The summed E-state index contributed by atoms with van der Waals surface area (Å²) in [4.78, 5) is 32.4. The minimum atomic E-state index is 0.0569. The predicted octanol–water partition coefficient (Wildman–Crippen LogP) is 3.13. The molecule has 156 valence electrons. The zero-order chi connectivity index (χ0) is 21.0. The maximum absolute atomic E-state index is 12.6. The highest BCUT2D eigenvalue weighted by Gasteiger charge is 2.30. The molecule has 1 unspecified atom stereocenters. The van der Waals surface area contributed by atoms with E-state index in [4.69, 9.17) is 4.99 Å². The molecule has 7 heteroatoms. The number of hydrogen-bond donors (Lipinski definition) is 1. The Balaban J connectivity index is 1.17. The first-order valence-electron chi connectivity index (χ1n) is 10.7. The molecule has 0 saturated carbocycles. The second-order valence-corrected chi connectivity index (χ2v) is 7.94. The van der Waals surface area contributed by atoms with Crippen LogP contribution in [-0.2, 0) is 0 Å². The Morgan fingerprint density at radius 1 is 0.968 bits per heavy atom. The minimum absolute atomic E-state index is 0.0569. The van der Waals surface area contributed by atoms with Crippen LogP contribution in [0.2, 0.25) is 0 Å². The predicted molar refractivity (Wildman–Crippen MR) is 119 cm³/mol. The first-order chi connectivity index (χ1) is 15.3. The number of carbonyl (C=O) groups is 1. The standard InChI is InChI=1S/C24H24N6O/c31-24(19-7-4-10-25-13-19)30-11-8-18(9-12-30)23-28-16-21(29-23)20-14-26-22(27-15-20)17-5-2-1-3-6-17/h1-7,10,13-15,18,21H,8-9,11-12,16H2,(H,28,29). The zero-order valence-corrected chi connectivity index (χ0v) is 17.2. The van der Waals surface area contributed by atoms with Crippen LogP contribution in [0.15, 0.2) is 72.2 Å². The van der Waals surface area contributed by atoms with Crippen LogP contribution in [0.25, 0.3) is 11.4 Å². The molecular weight excluding hydrogens is 388 g/mol. The number of aromatic nitrogens is 3. The van der Waals surface area contributed by atoms with E-state index >= 15 is 0 Å². The van der Waals surface area contributed by atoms with Gasteiger partial charge in [0.1, 0.15) is 5.84 Å². The zero-order valence-electron chi connectivity index (χ0n) is 17.2. The highest BCUT2D eigenvalue weighted by atomic mass is 16.2. The van der Waals surface area contributed by atoms with Gasteiger partial charge in [-0.15, -0.1) is 0 Å². The molecule has 5 rings (SSSR count). The Labute approximate surface area is 181 Å². The van der Waals surface area contributed by atoms with Crippen molar-refractivity contribution in [2.24, 2.45) is 10.9 Å². The molecule has 1 amide bonds. The van der Waals surface area contributed by atoms with Crippen molar-refractivity contribution in [2.45, 2.75) is 18.9 Å². The van der Waals surface area contributed by atoms with E-state index in [1.165, 1.54) is 0 Å². The Morgan fingerprint density at radius 3 is 2.45 bits per heavy atom. The smallest absolute Gasteiger partial charge is 0.255 e. The number of aliphatic imine (C=N–C) groups is 1. The fraction of sp³-hybridized carbons (Fsp3) is 0.292. The molecule has 7 nitrogen and oxygen atoms in total. The van der Waals surface area contributed by atoms with Crippen LogP contribution < -0.4 is 5.32 Å². The quantitative estimate of drug-likeness (QED) is 0.712. The summed E-state index contributed by atoms with van der Waals surface area (Å²) >= 11 is 0. The van der Waals surface area contributed by atoms with E-state index in [1.54, 1.807) is 18.5 Å². The molecule has 1 aromatic carbocycles. The van der Waals surface area contributed by atoms with Crippen molar-refractivity contribution in [3.63, 3.8) is 0 Å². The third-order valence-corrected chi connectivity index (χ3v) is 5.95. The molecule has 0 spiro atoms. The number of hydrogen-bond acceptors (Lipinski definition) is 6. The first-order valence-corrected chi connectivity index (χ1v) is 10.7. The average Bonchev–Trinajstić information content (AvgIpc) is 3.35. The van der Waals surface area contributed by atoms with E-state index in [9.17, 15) is 4.79 Å². The number of rotatable bonds is 4. The number of carbonyl (C=O) groups excluding carboxylic acids is 1. The van der Waals surface area contributed by atoms with Gasteiger partial charge in [0.15, 0.2) is 5.82 Å². The molecule has 2 aliphatic rings.